The smallest absolute Gasteiger partial charge is 0.302 e. The SMILES string of the molecule is COc1cccc(OC2=C(Cl)C(=O)N(c3ccc(C)cc3)C2=O)c1. The van der Waals surface area contributed by atoms with Crippen LogP contribution in [0.4, 0.5) is 5.69 Å². The number of methoxy groups -OCH3 is 1. The third-order valence-electron chi connectivity index (χ3n) is 3.54. The van der Waals surface area contributed by atoms with Crippen LogP contribution in [-0.4, -0.2) is 18.9 Å². The van der Waals surface area contributed by atoms with Crippen LogP contribution in [0, 0.1) is 6.92 Å². The second-order valence-electron chi connectivity index (χ2n) is 5.21. The Bertz CT molecular complexity index is 842. The Morgan fingerprint density at radius 1 is 0.958 bits per heavy atom. The van der Waals surface area contributed by atoms with Crippen LogP contribution >= 0.6 is 11.6 Å². The van der Waals surface area contributed by atoms with Crippen LogP contribution in [0.25, 0.3) is 0 Å². The molecule has 0 atom stereocenters. The lowest BCUT2D eigenvalue weighted by molar-refractivity contribution is -0.121. The standard InChI is InChI=1S/C18H14ClNO4/c1-11-6-8-12(9-7-11)20-17(21)15(19)16(18(20)22)24-14-5-3-4-13(10-14)23-2/h3-10H,1-2H3. The second kappa shape index (κ2) is 6.37. The number of rotatable bonds is 4. The van der Waals surface area contributed by atoms with Gasteiger partial charge in [-0.15, -0.1) is 0 Å². The summed E-state index contributed by atoms with van der Waals surface area (Å²) in [5, 5.41) is -0.247. The van der Waals surface area contributed by atoms with Crippen LogP contribution in [0.5, 0.6) is 11.5 Å². The number of hydrogen-bond donors (Lipinski definition) is 0. The molecule has 2 aromatic rings. The Morgan fingerprint density at radius 3 is 2.29 bits per heavy atom. The van der Waals surface area contributed by atoms with Crippen LogP contribution < -0.4 is 14.4 Å². The van der Waals surface area contributed by atoms with E-state index in [4.69, 9.17) is 21.1 Å². The lowest BCUT2D eigenvalue weighted by atomic mass is 10.2. The van der Waals surface area contributed by atoms with Gasteiger partial charge in [-0.05, 0) is 31.2 Å². The average molecular weight is 344 g/mol. The van der Waals surface area contributed by atoms with Crippen molar-refractivity contribution in [3.05, 3.63) is 64.9 Å². The minimum absolute atomic E-state index is 0.199. The molecule has 2 amide bonds. The van der Waals surface area contributed by atoms with E-state index < -0.39 is 11.8 Å². The molecule has 0 bridgehead atoms. The molecule has 3 rings (SSSR count). The highest BCUT2D eigenvalue weighted by Gasteiger charge is 2.40. The van der Waals surface area contributed by atoms with Crippen molar-refractivity contribution in [1.29, 1.82) is 0 Å². The number of carbonyl (C=O) groups is 2. The van der Waals surface area contributed by atoms with Gasteiger partial charge in [0.15, 0.2) is 5.03 Å². The lowest BCUT2D eigenvalue weighted by Gasteiger charge is -2.14. The summed E-state index contributed by atoms with van der Waals surface area (Å²) in [6.07, 6.45) is 0. The highest BCUT2D eigenvalue weighted by Crippen LogP contribution is 2.31. The van der Waals surface area contributed by atoms with Gasteiger partial charge in [0.1, 0.15) is 11.5 Å². The molecule has 0 saturated carbocycles. The van der Waals surface area contributed by atoms with Gasteiger partial charge in [0.05, 0.1) is 12.8 Å². The van der Waals surface area contributed by atoms with Crippen molar-refractivity contribution < 1.29 is 19.1 Å². The number of amides is 2. The maximum absolute atomic E-state index is 12.6. The minimum Gasteiger partial charge on any atom is -0.497 e. The van der Waals surface area contributed by atoms with Gasteiger partial charge in [-0.25, -0.2) is 4.90 Å². The average Bonchev–Trinajstić information content (AvgIpc) is 2.80. The molecular formula is C18H14ClNO4. The van der Waals surface area contributed by atoms with E-state index in [0.29, 0.717) is 17.2 Å². The molecule has 6 heteroatoms. The van der Waals surface area contributed by atoms with E-state index in [1.54, 1.807) is 36.4 Å². The molecule has 1 heterocycles. The van der Waals surface area contributed by atoms with E-state index in [9.17, 15) is 9.59 Å². The van der Waals surface area contributed by atoms with Gasteiger partial charge >= 0.3 is 5.91 Å². The summed E-state index contributed by atoms with van der Waals surface area (Å²) in [5.74, 6) is -0.485. The van der Waals surface area contributed by atoms with Crippen LogP contribution in [0.3, 0.4) is 0 Å². The van der Waals surface area contributed by atoms with Gasteiger partial charge in [-0.3, -0.25) is 9.59 Å². The zero-order valence-electron chi connectivity index (χ0n) is 13.1. The summed E-state index contributed by atoms with van der Waals surface area (Å²) in [4.78, 5) is 25.9. The quantitative estimate of drug-likeness (QED) is 0.798. The fraction of sp³-hybridized carbons (Fsp3) is 0.111. The van der Waals surface area contributed by atoms with Crippen LogP contribution in [0.15, 0.2) is 59.3 Å². The first-order valence-electron chi connectivity index (χ1n) is 7.18. The molecule has 1 aliphatic rings. The van der Waals surface area contributed by atoms with E-state index in [0.717, 1.165) is 10.5 Å². The predicted molar refractivity (Wildman–Crippen MR) is 90.2 cm³/mol. The van der Waals surface area contributed by atoms with Crippen LogP contribution in [0.1, 0.15) is 5.56 Å². The molecule has 122 valence electrons. The second-order valence-corrected chi connectivity index (χ2v) is 5.58. The number of anilines is 1. The fourth-order valence-electron chi connectivity index (χ4n) is 2.28. The number of carbonyl (C=O) groups excluding carboxylic acids is 2. The first kappa shape index (κ1) is 16.1. The Morgan fingerprint density at radius 2 is 1.62 bits per heavy atom. The highest BCUT2D eigenvalue weighted by molar-refractivity contribution is 6.52. The zero-order valence-corrected chi connectivity index (χ0v) is 13.8. The van der Waals surface area contributed by atoms with Gasteiger partial charge in [-0.1, -0.05) is 35.4 Å². The number of hydrogen-bond acceptors (Lipinski definition) is 4. The van der Waals surface area contributed by atoms with Crippen molar-refractivity contribution in [2.75, 3.05) is 12.0 Å². The third kappa shape index (κ3) is 2.86. The molecule has 0 unspecified atom stereocenters. The van der Waals surface area contributed by atoms with E-state index >= 15 is 0 Å². The normalized spacial score (nSPS) is 14.4. The van der Waals surface area contributed by atoms with Gasteiger partial charge in [0.2, 0.25) is 5.76 Å². The number of imide groups is 1. The molecule has 0 radical (unpaired) electrons. The Hall–Kier alpha value is -2.79. The van der Waals surface area contributed by atoms with E-state index in [-0.39, 0.29) is 10.8 Å². The van der Waals surface area contributed by atoms with E-state index in [2.05, 4.69) is 0 Å². The largest absolute Gasteiger partial charge is 0.497 e. The molecule has 2 aromatic carbocycles. The van der Waals surface area contributed by atoms with Crippen molar-refractivity contribution in [2.24, 2.45) is 0 Å². The first-order chi connectivity index (χ1) is 11.5. The van der Waals surface area contributed by atoms with Crippen molar-refractivity contribution in [3.63, 3.8) is 0 Å². The first-order valence-corrected chi connectivity index (χ1v) is 7.56. The van der Waals surface area contributed by atoms with Crippen molar-refractivity contribution in [1.82, 2.24) is 0 Å². The van der Waals surface area contributed by atoms with Crippen molar-refractivity contribution in [3.8, 4) is 11.5 Å². The number of nitrogens with zero attached hydrogens (tertiary/aromatic N) is 1. The lowest BCUT2D eigenvalue weighted by Crippen LogP contribution is -2.31. The zero-order chi connectivity index (χ0) is 17.3. The van der Waals surface area contributed by atoms with Gasteiger partial charge in [-0.2, -0.15) is 0 Å². The Labute approximate surface area is 144 Å². The molecule has 0 N–H and O–H groups in total. The van der Waals surface area contributed by atoms with Crippen molar-refractivity contribution >= 4 is 29.1 Å². The predicted octanol–water partition coefficient (Wildman–Crippen LogP) is 3.41. The molecule has 0 aliphatic carbocycles. The molecule has 0 aromatic heterocycles. The molecule has 24 heavy (non-hydrogen) atoms. The van der Waals surface area contributed by atoms with Gasteiger partial charge in [0.25, 0.3) is 5.91 Å². The van der Waals surface area contributed by atoms with Crippen molar-refractivity contribution in [2.45, 2.75) is 6.92 Å². The number of aryl methyl sites for hydroxylation is 1. The van der Waals surface area contributed by atoms with E-state index in [1.165, 1.54) is 7.11 Å². The Balaban J connectivity index is 1.90. The summed E-state index contributed by atoms with van der Waals surface area (Å²) in [6.45, 7) is 1.92. The summed E-state index contributed by atoms with van der Waals surface area (Å²) in [5.41, 5.74) is 1.46. The molecule has 0 spiro atoms. The topological polar surface area (TPSA) is 55.8 Å². The minimum atomic E-state index is -0.608. The molecule has 1 aliphatic heterocycles. The molecule has 0 fully saturated rings. The molecular weight excluding hydrogens is 330 g/mol. The summed E-state index contributed by atoms with van der Waals surface area (Å²) in [7, 11) is 1.52. The number of benzene rings is 2. The Kier molecular flexibility index (Phi) is 4.27. The van der Waals surface area contributed by atoms with Crippen LogP contribution in [0.2, 0.25) is 0 Å². The molecule has 5 nitrogen and oxygen atoms in total. The fourth-order valence-corrected chi connectivity index (χ4v) is 2.49. The van der Waals surface area contributed by atoms with Crippen LogP contribution in [-0.2, 0) is 9.59 Å². The summed E-state index contributed by atoms with van der Waals surface area (Å²) < 4.78 is 10.6. The molecule has 0 saturated heterocycles. The summed E-state index contributed by atoms with van der Waals surface area (Å²) >= 11 is 6.03. The highest BCUT2D eigenvalue weighted by atomic mass is 35.5. The maximum Gasteiger partial charge on any atom is 0.302 e. The summed E-state index contributed by atoms with van der Waals surface area (Å²) in [6, 6.07) is 13.7. The van der Waals surface area contributed by atoms with E-state index in [1.807, 2.05) is 19.1 Å². The van der Waals surface area contributed by atoms with Gasteiger partial charge < -0.3 is 9.47 Å². The monoisotopic (exact) mass is 343 g/mol. The number of ether oxygens (including phenoxy) is 2. The maximum atomic E-state index is 12.6. The number of halogens is 1. The van der Waals surface area contributed by atoms with Gasteiger partial charge in [0, 0.05) is 6.07 Å². The third-order valence-corrected chi connectivity index (χ3v) is 3.87.